The molecular formula is C60H84ClN7O14. The number of esters is 1. The summed E-state index contributed by atoms with van der Waals surface area (Å²) in [7, 11) is 6.04. The number of carbonyl (C=O) groups is 9. The van der Waals surface area contributed by atoms with Gasteiger partial charge in [0.05, 0.1) is 43.5 Å². The van der Waals surface area contributed by atoms with Crippen LogP contribution in [0.2, 0.25) is 5.02 Å². The van der Waals surface area contributed by atoms with Gasteiger partial charge in [-0.25, -0.2) is 14.4 Å². The Morgan fingerprint density at radius 2 is 1.70 bits per heavy atom. The second kappa shape index (κ2) is 30.5. The number of hydrogen-bond donors (Lipinski definition) is 5. The lowest BCUT2D eigenvalue weighted by Crippen LogP contribution is -2.51. The molecule has 3 aliphatic rings. The number of methoxy groups -OCH3 is 2. The van der Waals surface area contributed by atoms with E-state index in [0.29, 0.717) is 61.2 Å². The minimum absolute atomic E-state index is 0.0338. The highest BCUT2D eigenvalue weighted by atomic mass is 35.5. The van der Waals surface area contributed by atoms with E-state index in [2.05, 4.69) is 21.3 Å². The fourth-order valence-corrected chi connectivity index (χ4v) is 10.8. The van der Waals surface area contributed by atoms with Crippen LogP contribution < -0.4 is 36.6 Å². The second-order valence-corrected chi connectivity index (χ2v) is 22.8. The molecule has 4 bridgehead atoms. The average molecular weight is 1160 g/mol. The van der Waals surface area contributed by atoms with Crippen molar-refractivity contribution in [1.29, 1.82) is 0 Å². The Kier molecular flexibility index (Phi) is 24.5. The third-order valence-corrected chi connectivity index (χ3v) is 16.1. The molecule has 82 heavy (non-hydrogen) atoms. The molecule has 10 atom stereocenters. The number of Topliss-reactive ketones (excluding diaryl/α,β-unsaturated/α-hetero) is 2. The molecule has 0 radical (unpaired) electrons. The molecule has 2 unspecified atom stereocenters. The lowest BCUT2D eigenvalue weighted by molar-refractivity contribution is -0.158. The van der Waals surface area contributed by atoms with E-state index < -0.39 is 71.8 Å². The molecule has 2 fully saturated rings. The summed E-state index contributed by atoms with van der Waals surface area (Å²) in [5.74, 6) is -3.62. The Labute approximate surface area is 486 Å². The third kappa shape index (κ3) is 18.6. The summed E-state index contributed by atoms with van der Waals surface area (Å²) in [6.45, 7) is 12.2. The molecule has 2 saturated heterocycles. The van der Waals surface area contributed by atoms with Crippen LogP contribution in [-0.2, 0) is 65.5 Å². The van der Waals surface area contributed by atoms with Crippen LogP contribution in [0.5, 0.6) is 5.75 Å². The van der Waals surface area contributed by atoms with Crippen molar-refractivity contribution < 1.29 is 66.8 Å². The molecule has 3 heterocycles. The zero-order valence-electron chi connectivity index (χ0n) is 49.2. The Morgan fingerprint density at radius 3 is 2.34 bits per heavy atom. The lowest BCUT2D eigenvalue weighted by atomic mass is 9.76. The summed E-state index contributed by atoms with van der Waals surface area (Å²) in [6.07, 6.45) is 5.71. The first kappa shape index (κ1) is 66.0. The smallest absolute Gasteiger partial charge is 0.410 e. The van der Waals surface area contributed by atoms with Gasteiger partial charge in [-0.1, -0.05) is 68.3 Å². The highest BCUT2D eigenvalue weighted by Crippen LogP contribution is 2.50. The number of carbonyl (C=O) groups excluding carboxylic acids is 9. The first-order valence-electron chi connectivity index (χ1n) is 28.1. The van der Waals surface area contributed by atoms with Crippen molar-refractivity contribution in [2.45, 2.75) is 168 Å². The lowest BCUT2D eigenvalue weighted by Gasteiger charge is -2.36. The summed E-state index contributed by atoms with van der Waals surface area (Å²) in [5, 5.41) is 11.4. The number of fused-ring (bicyclic) bond motifs is 5. The number of ketones is 2. The SMILES string of the molecule is COc1cc2cc(c1Cl)N(C)C(=O)C[C@H](OC(=O)[C@H](C)N(C)C(=O)OCc1ccc(NC(=O)[C@H](CCCNC(N)=O)CC(=O)[C@@H](NC(=O)CCCCC(C)=O)C(C)C)cc1)[C@]1(C)O[C@H]1[C@H](C)[C@H]1CC(=O)NC(C1)C(OC)/C=C/C=C(\C)C2. The normalized spacial score (nSPS) is 24.0. The second-order valence-electron chi connectivity index (χ2n) is 22.5. The fraction of sp³-hybridized carbons (Fsp3) is 0.583. The van der Waals surface area contributed by atoms with E-state index in [1.807, 2.05) is 38.1 Å². The van der Waals surface area contributed by atoms with Crippen LogP contribution in [0.3, 0.4) is 0 Å². The first-order valence-corrected chi connectivity index (χ1v) is 28.5. The Hall–Kier alpha value is -6.84. The van der Waals surface area contributed by atoms with Gasteiger partial charge in [0.1, 0.15) is 40.9 Å². The van der Waals surface area contributed by atoms with Gasteiger partial charge in [0, 0.05) is 65.0 Å². The zero-order valence-corrected chi connectivity index (χ0v) is 50.0. The Balaban J connectivity index is 1.27. The molecule has 3 aliphatic heterocycles. The number of benzene rings is 2. The number of nitrogens with one attached hydrogen (secondary N) is 4. The number of nitrogens with two attached hydrogens (primary N) is 1. The number of epoxide rings is 1. The molecule has 2 aromatic carbocycles. The maximum absolute atomic E-state index is 14.4. The van der Waals surface area contributed by atoms with E-state index >= 15 is 0 Å². The maximum Gasteiger partial charge on any atom is 0.410 e. The van der Waals surface area contributed by atoms with E-state index in [0.717, 1.165) is 16.0 Å². The number of unbranched alkanes of at least 4 members (excludes halogenated alkanes) is 1. The van der Waals surface area contributed by atoms with Gasteiger partial charge in [0.25, 0.3) is 0 Å². The van der Waals surface area contributed by atoms with Crippen LogP contribution in [-0.4, -0.2) is 135 Å². The van der Waals surface area contributed by atoms with E-state index in [-0.39, 0.29) is 97.5 Å². The number of halogens is 1. The van der Waals surface area contributed by atoms with Crippen LogP contribution in [0.4, 0.5) is 21.0 Å². The molecule has 5 rings (SSSR count). The van der Waals surface area contributed by atoms with Gasteiger partial charge in [-0.15, -0.1) is 0 Å². The van der Waals surface area contributed by atoms with E-state index in [1.165, 1.54) is 32.9 Å². The minimum Gasteiger partial charge on any atom is -0.495 e. The van der Waals surface area contributed by atoms with E-state index in [4.69, 9.17) is 41.0 Å². The van der Waals surface area contributed by atoms with Crippen LogP contribution in [0.25, 0.3) is 0 Å². The highest BCUT2D eigenvalue weighted by molar-refractivity contribution is 6.35. The zero-order chi connectivity index (χ0) is 60.6. The molecule has 6 N–H and O–H groups in total. The van der Waals surface area contributed by atoms with Crippen molar-refractivity contribution in [3.05, 3.63) is 76.3 Å². The number of piperidine rings is 1. The van der Waals surface area contributed by atoms with Crippen molar-refractivity contribution >= 4 is 76.3 Å². The van der Waals surface area contributed by atoms with Gasteiger partial charge < -0.3 is 60.4 Å². The number of anilines is 2. The average Bonchev–Trinajstić information content (AvgIpc) is 3.61. The maximum atomic E-state index is 14.4. The van der Waals surface area contributed by atoms with Gasteiger partial charge in [0.2, 0.25) is 23.6 Å². The largest absolute Gasteiger partial charge is 0.495 e. The Morgan fingerprint density at radius 1 is 1.00 bits per heavy atom. The number of allylic oxidation sites excluding steroid dienone is 3. The van der Waals surface area contributed by atoms with Gasteiger partial charge >= 0.3 is 18.1 Å². The predicted molar refractivity (Wildman–Crippen MR) is 309 cm³/mol. The van der Waals surface area contributed by atoms with Gasteiger partial charge in [-0.2, -0.15) is 0 Å². The number of hydrogen-bond acceptors (Lipinski definition) is 14. The first-order chi connectivity index (χ1) is 38.8. The third-order valence-electron chi connectivity index (χ3n) is 15.7. The molecular weight excluding hydrogens is 1080 g/mol. The quantitative estimate of drug-likeness (QED) is 0.0415. The molecule has 7 amide bonds. The Bertz CT molecular complexity index is 2700. The van der Waals surface area contributed by atoms with Crippen molar-refractivity contribution in [2.75, 3.05) is 45.1 Å². The van der Waals surface area contributed by atoms with Crippen molar-refractivity contribution in [1.82, 2.24) is 20.9 Å². The van der Waals surface area contributed by atoms with E-state index in [1.54, 1.807) is 65.3 Å². The molecule has 0 aromatic heterocycles. The summed E-state index contributed by atoms with van der Waals surface area (Å²) in [4.78, 5) is 121. The topological polar surface area (TPSA) is 284 Å². The summed E-state index contributed by atoms with van der Waals surface area (Å²) in [6, 6.07) is 6.96. The molecule has 22 heteroatoms. The van der Waals surface area contributed by atoms with E-state index in [9.17, 15) is 43.2 Å². The van der Waals surface area contributed by atoms with Crippen LogP contribution in [0.15, 0.2) is 60.2 Å². The number of rotatable bonds is 23. The van der Waals surface area contributed by atoms with Crippen LogP contribution >= 0.6 is 11.6 Å². The molecule has 2 aromatic rings. The van der Waals surface area contributed by atoms with Crippen LogP contribution in [0, 0.1) is 23.7 Å². The number of likely N-dealkylation sites (N-methyl/N-ethyl adjacent to an activating group) is 1. The monoisotopic (exact) mass is 1160 g/mol. The predicted octanol–water partition coefficient (Wildman–Crippen LogP) is 7.29. The molecule has 0 spiro atoms. The fourth-order valence-electron chi connectivity index (χ4n) is 10.5. The molecule has 0 saturated carbocycles. The molecule has 0 aliphatic carbocycles. The minimum atomic E-state index is -1.20. The highest BCUT2D eigenvalue weighted by Gasteiger charge is 2.63. The summed E-state index contributed by atoms with van der Waals surface area (Å²) < 4.78 is 29.8. The standard InChI is InChI=1S/C60H84ClN7O14/c1-34(2)54(66-50(71)20-13-12-17-36(4)69)46(70)30-41(18-15-25-63-58(62)76)56(74)64-43-23-21-39(22-24-43)33-80-59(77)67(8)38(6)57(75)81-49-32-52(73)68(9)45-27-40(28-48(79-11)53(45)61)26-35(3)16-14-19-47(78-10)44-29-42(31-51(72)65-44)37(5)55-60(49,7)82-55/h14,16,19,21-24,27-28,34,37-38,41-42,44,47,49,54-55H,12-13,15,17-18,20,25-26,29-33H2,1-11H3,(H,64,74)(H,65,72)(H,66,71)(H3,62,63,76)/b19-14+,35-16+/t37-,38+,41-,42-,44?,47?,49+,54+,55+,60+/m1/s1. The number of urea groups is 1. The molecule has 21 nitrogen and oxygen atoms in total. The van der Waals surface area contributed by atoms with Gasteiger partial charge in [-0.3, -0.25) is 28.9 Å². The summed E-state index contributed by atoms with van der Waals surface area (Å²) >= 11 is 6.85. The number of ether oxygens (including phenoxy) is 5. The summed E-state index contributed by atoms with van der Waals surface area (Å²) in [5.41, 5.74) is 7.16. The number of primary amides is 1. The van der Waals surface area contributed by atoms with Crippen molar-refractivity contribution in [3.8, 4) is 5.75 Å². The number of amides is 7. The van der Waals surface area contributed by atoms with Crippen molar-refractivity contribution in [2.24, 2.45) is 29.4 Å². The number of nitrogens with zero attached hydrogens (tertiary/aromatic N) is 2. The van der Waals surface area contributed by atoms with Crippen molar-refractivity contribution in [3.63, 3.8) is 0 Å². The molecule has 450 valence electrons. The van der Waals surface area contributed by atoms with Gasteiger partial charge in [-0.05, 0) is 119 Å². The van der Waals surface area contributed by atoms with Gasteiger partial charge in [0.15, 0.2) is 5.78 Å². The van der Waals surface area contributed by atoms with Crippen LogP contribution in [0.1, 0.15) is 124 Å².